The van der Waals surface area contributed by atoms with Crippen molar-refractivity contribution in [3.8, 4) is 0 Å². The van der Waals surface area contributed by atoms with Crippen LogP contribution in [0.25, 0.3) is 0 Å². The zero-order chi connectivity index (χ0) is 17.0. The van der Waals surface area contributed by atoms with Crippen LogP contribution in [0.15, 0.2) is 12.1 Å². The van der Waals surface area contributed by atoms with Crippen LogP contribution in [0.2, 0.25) is 0 Å². The van der Waals surface area contributed by atoms with Crippen LogP contribution in [0, 0.1) is 12.8 Å². The molecule has 5 nitrogen and oxygen atoms in total. The Labute approximate surface area is 141 Å². The van der Waals surface area contributed by atoms with Gasteiger partial charge in [-0.25, -0.2) is 4.79 Å². The topological polar surface area (TPSA) is 67.4 Å². The Morgan fingerprint density at radius 2 is 1.96 bits per heavy atom. The van der Waals surface area contributed by atoms with Gasteiger partial charge in [-0.3, -0.25) is 4.79 Å². The van der Waals surface area contributed by atoms with E-state index < -0.39 is 11.7 Å². The number of thiophene rings is 1. The second-order valence-electron chi connectivity index (χ2n) is 6.97. The molecule has 0 aromatic carbocycles. The van der Waals surface area contributed by atoms with E-state index in [0.717, 1.165) is 6.42 Å². The largest absolute Gasteiger partial charge is 0.444 e. The Kier molecular flexibility index (Phi) is 5.68. The Morgan fingerprint density at radius 1 is 1.26 bits per heavy atom. The van der Waals surface area contributed by atoms with Gasteiger partial charge < -0.3 is 15.4 Å². The smallest absolute Gasteiger partial charge is 0.407 e. The number of carbonyl (C=O) groups excluding carboxylic acids is 2. The summed E-state index contributed by atoms with van der Waals surface area (Å²) < 4.78 is 5.14. The van der Waals surface area contributed by atoms with Gasteiger partial charge in [-0.15, -0.1) is 11.3 Å². The first-order chi connectivity index (χ1) is 10.8. The van der Waals surface area contributed by atoms with Gasteiger partial charge in [0, 0.05) is 34.7 Å². The van der Waals surface area contributed by atoms with E-state index in [-0.39, 0.29) is 11.8 Å². The first-order valence-electron chi connectivity index (χ1n) is 8.07. The van der Waals surface area contributed by atoms with Gasteiger partial charge in [0.05, 0.1) is 0 Å². The summed E-state index contributed by atoms with van der Waals surface area (Å²) in [7, 11) is 0. The van der Waals surface area contributed by atoms with Gasteiger partial charge in [-0.05, 0) is 52.7 Å². The molecular weight excluding hydrogens is 312 g/mol. The van der Waals surface area contributed by atoms with E-state index in [2.05, 4.69) is 29.7 Å². The maximum absolute atomic E-state index is 12.1. The SMILES string of the molecule is Cc1ccc(C2CC2C(=O)NCCCNC(=O)OC(C)(C)C)s1. The lowest BCUT2D eigenvalue weighted by molar-refractivity contribution is -0.122. The molecule has 23 heavy (non-hydrogen) atoms. The molecule has 2 N–H and O–H groups in total. The lowest BCUT2D eigenvalue weighted by Gasteiger charge is -2.19. The Balaban J connectivity index is 1.57. The monoisotopic (exact) mass is 338 g/mol. The molecule has 2 atom stereocenters. The van der Waals surface area contributed by atoms with Crippen LogP contribution in [0.1, 0.15) is 49.3 Å². The van der Waals surface area contributed by atoms with E-state index in [9.17, 15) is 9.59 Å². The maximum Gasteiger partial charge on any atom is 0.407 e. The predicted octanol–water partition coefficient (Wildman–Crippen LogP) is 3.19. The maximum atomic E-state index is 12.1. The molecule has 1 heterocycles. The van der Waals surface area contributed by atoms with Crippen molar-refractivity contribution >= 4 is 23.3 Å². The standard InChI is InChI=1S/C17H26N2O3S/c1-11-6-7-14(23-11)12-10-13(12)15(20)18-8-5-9-19-16(21)22-17(2,3)4/h6-7,12-13H,5,8-10H2,1-4H3,(H,18,20)(H,19,21). The fourth-order valence-electron chi connectivity index (χ4n) is 2.39. The summed E-state index contributed by atoms with van der Waals surface area (Å²) in [6.45, 7) is 8.63. The highest BCUT2D eigenvalue weighted by Crippen LogP contribution is 2.49. The Bertz CT molecular complexity index is 562. The molecule has 2 amide bonds. The van der Waals surface area contributed by atoms with Crippen LogP contribution in [-0.4, -0.2) is 30.7 Å². The molecule has 1 saturated carbocycles. The molecule has 2 unspecified atom stereocenters. The van der Waals surface area contributed by atoms with E-state index in [4.69, 9.17) is 4.74 Å². The molecule has 1 aromatic heterocycles. The number of hydrogen-bond donors (Lipinski definition) is 2. The van der Waals surface area contributed by atoms with Crippen LogP contribution >= 0.6 is 11.3 Å². The number of rotatable bonds is 6. The number of carbonyl (C=O) groups is 2. The van der Waals surface area contributed by atoms with Crippen molar-refractivity contribution in [1.82, 2.24) is 10.6 Å². The van der Waals surface area contributed by atoms with Crippen molar-refractivity contribution < 1.29 is 14.3 Å². The van der Waals surface area contributed by atoms with Crippen LogP contribution in [0.5, 0.6) is 0 Å². The van der Waals surface area contributed by atoms with E-state index in [1.54, 1.807) is 11.3 Å². The molecule has 128 valence electrons. The first-order valence-corrected chi connectivity index (χ1v) is 8.89. The molecule has 1 aliphatic carbocycles. The van der Waals surface area contributed by atoms with E-state index in [1.165, 1.54) is 9.75 Å². The van der Waals surface area contributed by atoms with E-state index in [1.807, 2.05) is 20.8 Å². The van der Waals surface area contributed by atoms with E-state index >= 15 is 0 Å². The number of ether oxygens (including phenoxy) is 1. The number of hydrogen-bond acceptors (Lipinski definition) is 4. The number of amides is 2. The number of aryl methyl sites for hydroxylation is 1. The van der Waals surface area contributed by atoms with Crippen LogP contribution in [0.3, 0.4) is 0 Å². The molecule has 1 aliphatic rings. The highest BCUT2D eigenvalue weighted by molar-refractivity contribution is 7.12. The van der Waals surface area contributed by atoms with Crippen molar-refractivity contribution in [2.45, 2.75) is 52.1 Å². The highest BCUT2D eigenvalue weighted by Gasteiger charge is 2.44. The second-order valence-corrected chi connectivity index (χ2v) is 8.29. The Hall–Kier alpha value is -1.56. The van der Waals surface area contributed by atoms with Crippen LogP contribution < -0.4 is 10.6 Å². The van der Waals surface area contributed by atoms with E-state index in [0.29, 0.717) is 25.4 Å². The minimum absolute atomic E-state index is 0.117. The normalized spacial score (nSPS) is 20.0. The molecule has 1 aromatic rings. The van der Waals surface area contributed by atoms with Crippen LogP contribution in [-0.2, 0) is 9.53 Å². The predicted molar refractivity (Wildman–Crippen MR) is 91.8 cm³/mol. The summed E-state index contributed by atoms with van der Waals surface area (Å²) in [6.07, 6.45) is 1.22. The average Bonchev–Trinajstić information content (AvgIpc) is 3.11. The van der Waals surface area contributed by atoms with Gasteiger partial charge in [0.1, 0.15) is 5.60 Å². The molecule has 0 spiro atoms. The molecule has 0 saturated heterocycles. The van der Waals surface area contributed by atoms with Crippen molar-refractivity contribution in [3.63, 3.8) is 0 Å². The minimum Gasteiger partial charge on any atom is -0.444 e. The lowest BCUT2D eigenvalue weighted by Crippen LogP contribution is -2.34. The van der Waals surface area contributed by atoms with Gasteiger partial charge in [0.25, 0.3) is 0 Å². The van der Waals surface area contributed by atoms with Crippen molar-refractivity contribution in [2.24, 2.45) is 5.92 Å². The van der Waals surface area contributed by atoms with Gasteiger partial charge >= 0.3 is 6.09 Å². The highest BCUT2D eigenvalue weighted by atomic mass is 32.1. The quantitative estimate of drug-likeness (QED) is 0.783. The molecular formula is C17H26N2O3S. The third kappa shape index (κ3) is 5.86. The summed E-state index contributed by atoms with van der Waals surface area (Å²) in [5.74, 6) is 0.638. The molecule has 2 rings (SSSR count). The van der Waals surface area contributed by atoms with Crippen molar-refractivity contribution in [3.05, 3.63) is 21.9 Å². The summed E-state index contributed by atoms with van der Waals surface area (Å²) in [6, 6.07) is 4.23. The molecule has 1 fully saturated rings. The molecule has 6 heteroatoms. The third-order valence-corrected chi connectivity index (χ3v) is 4.71. The van der Waals surface area contributed by atoms with Gasteiger partial charge in [0.2, 0.25) is 5.91 Å². The second kappa shape index (κ2) is 7.34. The summed E-state index contributed by atoms with van der Waals surface area (Å²) in [4.78, 5) is 26.1. The third-order valence-electron chi connectivity index (χ3n) is 3.57. The zero-order valence-electron chi connectivity index (χ0n) is 14.3. The summed E-state index contributed by atoms with van der Waals surface area (Å²) in [5, 5.41) is 5.63. The lowest BCUT2D eigenvalue weighted by atomic mass is 10.2. The average molecular weight is 338 g/mol. The summed E-state index contributed by atoms with van der Waals surface area (Å²) >= 11 is 1.78. The zero-order valence-corrected chi connectivity index (χ0v) is 15.1. The van der Waals surface area contributed by atoms with Gasteiger partial charge in [0.15, 0.2) is 0 Å². The van der Waals surface area contributed by atoms with Gasteiger partial charge in [-0.1, -0.05) is 0 Å². The van der Waals surface area contributed by atoms with Crippen molar-refractivity contribution in [1.29, 1.82) is 0 Å². The van der Waals surface area contributed by atoms with Crippen molar-refractivity contribution in [2.75, 3.05) is 13.1 Å². The molecule has 0 radical (unpaired) electrons. The fraction of sp³-hybridized carbons (Fsp3) is 0.647. The molecule has 0 aliphatic heterocycles. The van der Waals surface area contributed by atoms with Gasteiger partial charge in [-0.2, -0.15) is 0 Å². The Morgan fingerprint density at radius 3 is 2.57 bits per heavy atom. The number of nitrogens with one attached hydrogen (secondary N) is 2. The first kappa shape index (κ1) is 17.8. The minimum atomic E-state index is -0.487. The fourth-order valence-corrected chi connectivity index (χ4v) is 3.44. The van der Waals surface area contributed by atoms with Crippen LogP contribution in [0.4, 0.5) is 4.79 Å². The summed E-state index contributed by atoms with van der Waals surface area (Å²) in [5.41, 5.74) is -0.487. The molecule has 0 bridgehead atoms. The number of alkyl carbamates (subject to hydrolysis) is 1.